The van der Waals surface area contributed by atoms with Gasteiger partial charge in [-0.1, -0.05) is 45.0 Å². The lowest BCUT2D eigenvalue weighted by atomic mass is 9.97. The summed E-state index contributed by atoms with van der Waals surface area (Å²) >= 11 is 0. The number of hydrogen-bond acceptors (Lipinski definition) is 3. The fourth-order valence-electron chi connectivity index (χ4n) is 2.51. The lowest BCUT2D eigenvalue weighted by molar-refractivity contribution is 0.0587. The average molecular weight is 428 g/mol. The molecule has 29 heavy (non-hydrogen) atoms. The van der Waals surface area contributed by atoms with Gasteiger partial charge in [0, 0.05) is 0 Å². The van der Waals surface area contributed by atoms with Gasteiger partial charge in [0.25, 0.3) is 0 Å². The zero-order chi connectivity index (χ0) is 22.1. The molecule has 3 nitrogen and oxygen atoms in total. The van der Waals surface area contributed by atoms with Crippen LogP contribution in [-0.2, 0) is 15.8 Å². The van der Waals surface area contributed by atoms with E-state index >= 15 is 0 Å². The lowest BCUT2D eigenvalue weighted by Gasteiger charge is -2.36. The second kappa shape index (κ2) is 8.28. The van der Waals surface area contributed by atoms with Crippen molar-refractivity contribution in [3.05, 3.63) is 58.7 Å². The van der Waals surface area contributed by atoms with Crippen LogP contribution in [0.3, 0.4) is 0 Å². The van der Waals surface area contributed by atoms with Crippen LogP contribution in [0.25, 0.3) is 11.1 Å². The summed E-state index contributed by atoms with van der Waals surface area (Å²) in [5.41, 5.74) is -1.96. The van der Waals surface area contributed by atoms with Crippen molar-refractivity contribution in [2.24, 2.45) is 0 Å². The van der Waals surface area contributed by atoms with Crippen LogP contribution in [-0.4, -0.2) is 21.4 Å². The summed E-state index contributed by atoms with van der Waals surface area (Å²) < 4.78 is 68.5. The van der Waals surface area contributed by atoms with Crippen molar-refractivity contribution in [1.29, 1.82) is 0 Å². The Morgan fingerprint density at radius 2 is 1.48 bits per heavy atom. The number of hydrogen-bond donors (Lipinski definition) is 0. The van der Waals surface area contributed by atoms with Crippen LogP contribution < -0.4 is 0 Å². The molecule has 2 rings (SSSR count). The Morgan fingerprint density at radius 3 is 1.97 bits per heavy atom. The zero-order valence-electron chi connectivity index (χ0n) is 17.3. The standard InChI is InChI=1S/C21H24F4O3Si/c1-21(2,3)29(5,6)28-11-12-9-7-8-10-13(12)14-16(22)18(24)15(20(26)27-4)19(25)17(14)23/h7-10H,11H2,1-6H3. The molecule has 0 spiro atoms. The van der Waals surface area contributed by atoms with Gasteiger partial charge >= 0.3 is 5.97 Å². The van der Waals surface area contributed by atoms with Gasteiger partial charge in [-0.15, -0.1) is 0 Å². The molecular formula is C21H24F4O3Si. The van der Waals surface area contributed by atoms with E-state index in [0.717, 1.165) is 7.11 Å². The Balaban J connectivity index is 2.59. The molecule has 2 aromatic rings. The molecule has 0 radical (unpaired) electrons. The number of halogens is 4. The highest BCUT2D eigenvalue weighted by atomic mass is 28.4. The normalized spacial score (nSPS) is 12.2. The predicted octanol–water partition coefficient (Wildman–Crippen LogP) is 6.22. The van der Waals surface area contributed by atoms with E-state index in [1.165, 1.54) is 12.1 Å². The van der Waals surface area contributed by atoms with Crippen LogP contribution in [0.4, 0.5) is 17.6 Å². The van der Waals surface area contributed by atoms with Gasteiger partial charge < -0.3 is 9.16 Å². The number of carbonyl (C=O) groups excluding carboxylic acids is 1. The van der Waals surface area contributed by atoms with E-state index in [0.29, 0.717) is 5.56 Å². The van der Waals surface area contributed by atoms with Crippen molar-refractivity contribution in [2.45, 2.75) is 45.5 Å². The minimum Gasteiger partial charge on any atom is -0.465 e. The van der Waals surface area contributed by atoms with E-state index in [9.17, 15) is 22.4 Å². The Bertz CT molecular complexity index is 907. The van der Waals surface area contributed by atoms with Crippen LogP contribution in [0.15, 0.2) is 24.3 Å². The van der Waals surface area contributed by atoms with Crippen molar-refractivity contribution in [2.75, 3.05) is 7.11 Å². The Morgan fingerprint density at radius 1 is 0.966 bits per heavy atom. The molecule has 0 atom stereocenters. The summed E-state index contributed by atoms with van der Waals surface area (Å²) in [5, 5.41) is -0.0984. The SMILES string of the molecule is COC(=O)c1c(F)c(F)c(-c2ccccc2CO[Si](C)(C)C(C)(C)C)c(F)c1F. The topological polar surface area (TPSA) is 35.5 Å². The molecule has 0 aliphatic heterocycles. The first-order valence-electron chi connectivity index (χ1n) is 9.00. The third-order valence-electron chi connectivity index (χ3n) is 5.33. The van der Waals surface area contributed by atoms with Gasteiger partial charge in [-0.2, -0.15) is 0 Å². The van der Waals surface area contributed by atoms with Crippen molar-refractivity contribution in [3.63, 3.8) is 0 Å². The van der Waals surface area contributed by atoms with E-state index in [-0.39, 0.29) is 17.2 Å². The summed E-state index contributed by atoms with van der Waals surface area (Å²) in [5.74, 6) is -8.43. The van der Waals surface area contributed by atoms with Crippen molar-refractivity contribution >= 4 is 14.3 Å². The Labute approximate surface area is 168 Å². The quantitative estimate of drug-likeness (QED) is 0.246. The smallest absolute Gasteiger partial charge is 0.344 e. The van der Waals surface area contributed by atoms with Crippen molar-refractivity contribution in [3.8, 4) is 11.1 Å². The summed E-state index contributed by atoms with van der Waals surface area (Å²) in [6.45, 7) is 10.2. The van der Waals surface area contributed by atoms with Gasteiger partial charge in [-0.3, -0.25) is 0 Å². The first-order chi connectivity index (χ1) is 13.3. The zero-order valence-corrected chi connectivity index (χ0v) is 18.3. The maximum Gasteiger partial charge on any atom is 0.344 e. The van der Waals surface area contributed by atoms with Crippen molar-refractivity contribution in [1.82, 2.24) is 0 Å². The highest BCUT2D eigenvalue weighted by Gasteiger charge is 2.37. The molecule has 0 amide bonds. The first-order valence-corrected chi connectivity index (χ1v) is 11.9. The van der Waals surface area contributed by atoms with E-state index in [2.05, 4.69) is 4.74 Å². The van der Waals surface area contributed by atoms with Gasteiger partial charge in [0.05, 0.1) is 19.3 Å². The molecule has 0 aromatic heterocycles. The van der Waals surface area contributed by atoms with E-state index < -0.39 is 48.7 Å². The third kappa shape index (κ3) is 4.38. The molecular weight excluding hydrogens is 404 g/mol. The van der Waals surface area contributed by atoms with Crippen LogP contribution in [0.1, 0.15) is 36.7 Å². The molecule has 8 heteroatoms. The molecule has 0 saturated carbocycles. The Hall–Kier alpha value is -2.19. The number of benzene rings is 2. The van der Waals surface area contributed by atoms with E-state index in [4.69, 9.17) is 4.43 Å². The second-order valence-corrected chi connectivity index (χ2v) is 13.0. The molecule has 0 heterocycles. The van der Waals surface area contributed by atoms with Crippen molar-refractivity contribution < 1.29 is 31.5 Å². The molecule has 2 aromatic carbocycles. The number of esters is 1. The fourth-order valence-corrected chi connectivity index (χ4v) is 3.46. The highest BCUT2D eigenvalue weighted by molar-refractivity contribution is 6.74. The molecule has 0 N–H and O–H groups in total. The first kappa shape index (κ1) is 23.1. The van der Waals surface area contributed by atoms with E-state index in [1.807, 2.05) is 33.9 Å². The summed E-state index contributed by atoms with van der Waals surface area (Å²) in [4.78, 5) is 11.5. The largest absolute Gasteiger partial charge is 0.465 e. The maximum absolute atomic E-state index is 14.7. The monoisotopic (exact) mass is 428 g/mol. The fraction of sp³-hybridized carbons (Fsp3) is 0.381. The minimum atomic E-state index is -2.19. The van der Waals surface area contributed by atoms with Crippen LogP contribution in [0, 0.1) is 23.3 Å². The van der Waals surface area contributed by atoms with Gasteiger partial charge in [0.15, 0.2) is 31.6 Å². The number of rotatable bonds is 5. The molecule has 0 unspecified atom stereocenters. The summed E-state index contributed by atoms with van der Waals surface area (Å²) in [6, 6.07) is 6.06. The van der Waals surface area contributed by atoms with Gasteiger partial charge in [0.1, 0.15) is 5.56 Å². The van der Waals surface area contributed by atoms with Crippen LogP contribution >= 0.6 is 0 Å². The summed E-state index contributed by atoms with van der Waals surface area (Å²) in [6.07, 6.45) is 0. The molecule has 158 valence electrons. The minimum absolute atomic E-state index is 0.0214. The van der Waals surface area contributed by atoms with Gasteiger partial charge in [-0.05, 0) is 29.3 Å². The molecule has 0 saturated heterocycles. The Kier molecular flexibility index (Phi) is 6.59. The van der Waals surface area contributed by atoms with E-state index in [1.54, 1.807) is 12.1 Å². The van der Waals surface area contributed by atoms with Gasteiger partial charge in [0.2, 0.25) is 0 Å². The maximum atomic E-state index is 14.7. The second-order valence-electron chi connectivity index (χ2n) is 8.20. The molecule has 0 aliphatic rings. The average Bonchev–Trinajstić information content (AvgIpc) is 2.65. The van der Waals surface area contributed by atoms with Gasteiger partial charge in [-0.25, -0.2) is 22.4 Å². The lowest BCUT2D eigenvalue weighted by Crippen LogP contribution is -2.40. The molecule has 0 fully saturated rings. The highest BCUT2D eigenvalue weighted by Crippen LogP contribution is 2.39. The van der Waals surface area contributed by atoms with Crippen LogP contribution in [0.5, 0.6) is 0 Å². The number of carbonyl (C=O) groups is 1. The molecule has 0 bridgehead atoms. The number of methoxy groups -OCH3 is 1. The third-order valence-corrected chi connectivity index (χ3v) is 9.81. The van der Waals surface area contributed by atoms with Crippen LogP contribution in [0.2, 0.25) is 18.1 Å². The number of ether oxygens (including phenoxy) is 1. The predicted molar refractivity (Wildman–Crippen MR) is 105 cm³/mol. The molecule has 0 aliphatic carbocycles. The summed E-state index contributed by atoms with van der Waals surface area (Å²) in [7, 11) is -1.33.